The largest absolute Gasteiger partial charge is 0.497 e. The molecule has 0 saturated heterocycles. The predicted octanol–water partition coefficient (Wildman–Crippen LogP) is 3.59. The molecule has 2 aromatic carbocycles. The van der Waals surface area contributed by atoms with Gasteiger partial charge >= 0.3 is 0 Å². The molecular formula is C17H21NO. The van der Waals surface area contributed by atoms with Crippen LogP contribution < -0.4 is 10.1 Å². The highest BCUT2D eigenvalue weighted by atomic mass is 16.5. The molecule has 2 nitrogen and oxygen atoms in total. The number of hydrogen-bond acceptors (Lipinski definition) is 2. The Morgan fingerprint density at radius 1 is 1.05 bits per heavy atom. The van der Waals surface area contributed by atoms with Crippen LogP contribution in [0.2, 0.25) is 0 Å². The molecule has 1 unspecified atom stereocenters. The first-order valence-electron chi connectivity index (χ1n) is 6.74. The molecule has 2 rings (SSSR count). The van der Waals surface area contributed by atoms with Crippen molar-refractivity contribution in [2.45, 2.75) is 19.4 Å². The van der Waals surface area contributed by atoms with E-state index in [0.29, 0.717) is 6.04 Å². The normalized spacial score (nSPS) is 12.1. The third kappa shape index (κ3) is 3.83. The van der Waals surface area contributed by atoms with E-state index in [1.54, 1.807) is 7.11 Å². The topological polar surface area (TPSA) is 21.3 Å². The quantitative estimate of drug-likeness (QED) is 0.851. The van der Waals surface area contributed by atoms with Crippen molar-refractivity contribution in [2.75, 3.05) is 13.7 Å². The van der Waals surface area contributed by atoms with Crippen LogP contribution in [0.1, 0.15) is 24.1 Å². The zero-order valence-corrected chi connectivity index (χ0v) is 11.6. The maximum atomic E-state index is 5.31. The van der Waals surface area contributed by atoms with E-state index >= 15 is 0 Å². The Bertz CT molecular complexity index is 496. The summed E-state index contributed by atoms with van der Waals surface area (Å²) in [4.78, 5) is 0. The molecule has 100 valence electrons. The van der Waals surface area contributed by atoms with E-state index < -0.39 is 0 Å². The number of ether oxygens (including phenoxy) is 1. The van der Waals surface area contributed by atoms with Crippen molar-refractivity contribution < 1.29 is 4.74 Å². The lowest BCUT2D eigenvalue weighted by Gasteiger charge is -2.19. The van der Waals surface area contributed by atoms with Crippen molar-refractivity contribution >= 4 is 0 Å². The highest BCUT2D eigenvalue weighted by molar-refractivity contribution is 5.32. The van der Waals surface area contributed by atoms with Gasteiger partial charge in [-0.2, -0.15) is 0 Å². The Labute approximate surface area is 115 Å². The van der Waals surface area contributed by atoms with Crippen LogP contribution in [0, 0.1) is 0 Å². The molecular weight excluding hydrogens is 234 g/mol. The summed E-state index contributed by atoms with van der Waals surface area (Å²) in [5, 5.41) is 3.54. The predicted molar refractivity (Wildman–Crippen MR) is 79.6 cm³/mol. The average molecular weight is 255 g/mol. The Hall–Kier alpha value is -1.80. The minimum Gasteiger partial charge on any atom is -0.497 e. The molecule has 0 aliphatic heterocycles. The SMILES string of the molecule is CCNC(Cc1ccccc1)c1cccc(OC)c1. The Morgan fingerprint density at radius 3 is 2.53 bits per heavy atom. The van der Waals surface area contributed by atoms with Crippen molar-refractivity contribution in [1.82, 2.24) is 5.32 Å². The summed E-state index contributed by atoms with van der Waals surface area (Å²) >= 11 is 0. The molecule has 0 aliphatic carbocycles. The van der Waals surface area contributed by atoms with E-state index in [0.717, 1.165) is 18.7 Å². The standard InChI is InChI=1S/C17H21NO/c1-3-18-17(12-14-8-5-4-6-9-14)15-10-7-11-16(13-15)19-2/h4-11,13,17-18H,3,12H2,1-2H3. The van der Waals surface area contributed by atoms with Crippen molar-refractivity contribution in [2.24, 2.45) is 0 Å². The fourth-order valence-electron chi connectivity index (χ4n) is 2.26. The monoisotopic (exact) mass is 255 g/mol. The van der Waals surface area contributed by atoms with Crippen LogP contribution in [-0.2, 0) is 6.42 Å². The first kappa shape index (κ1) is 13.6. The Kier molecular flexibility index (Phi) is 4.99. The van der Waals surface area contributed by atoms with E-state index in [4.69, 9.17) is 4.74 Å². The molecule has 1 N–H and O–H groups in total. The minimum atomic E-state index is 0.322. The Balaban J connectivity index is 2.19. The summed E-state index contributed by atoms with van der Waals surface area (Å²) in [6.45, 7) is 3.09. The molecule has 2 heteroatoms. The fraction of sp³-hybridized carbons (Fsp3) is 0.294. The van der Waals surface area contributed by atoms with Crippen LogP contribution in [0.15, 0.2) is 54.6 Å². The molecule has 0 spiro atoms. The van der Waals surface area contributed by atoms with E-state index in [1.807, 2.05) is 12.1 Å². The van der Waals surface area contributed by atoms with Gasteiger partial charge in [-0.1, -0.05) is 49.4 Å². The molecule has 2 aromatic rings. The van der Waals surface area contributed by atoms with Gasteiger partial charge in [0.15, 0.2) is 0 Å². The smallest absolute Gasteiger partial charge is 0.119 e. The van der Waals surface area contributed by atoms with Crippen molar-refractivity contribution in [3.05, 3.63) is 65.7 Å². The first-order valence-corrected chi connectivity index (χ1v) is 6.74. The molecule has 0 radical (unpaired) electrons. The fourth-order valence-corrected chi connectivity index (χ4v) is 2.26. The lowest BCUT2D eigenvalue weighted by atomic mass is 9.98. The Morgan fingerprint density at radius 2 is 1.84 bits per heavy atom. The number of nitrogens with one attached hydrogen (secondary N) is 1. The van der Waals surface area contributed by atoms with Crippen LogP contribution in [-0.4, -0.2) is 13.7 Å². The number of methoxy groups -OCH3 is 1. The van der Waals surface area contributed by atoms with Gasteiger partial charge in [0.05, 0.1) is 7.11 Å². The molecule has 0 amide bonds. The first-order chi connectivity index (χ1) is 9.33. The molecule has 19 heavy (non-hydrogen) atoms. The van der Waals surface area contributed by atoms with Crippen LogP contribution in [0.4, 0.5) is 0 Å². The van der Waals surface area contributed by atoms with Gasteiger partial charge in [-0.05, 0) is 36.2 Å². The van der Waals surface area contributed by atoms with Crippen molar-refractivity contribution in [3.63, 3.8) is 0 Å². The molecule has 0 heterocycles. The lowest BCUT2D eigenvalue weighted by Crippen LogP contribution is -2.22. The van der Waals surface area contributed by atoms with Gasteiger partial charge in [0.25, 0.3) is 0 Å². The number of rotatable bonds is 6. The maximum Gasteiger partial charge on any atom is 0.119 e. The van der Waals surface area contributed by atoms with Gasteiger partial charge in [-0.3, -0.25) is 0 Å². The van der Waals surface area contributed by atoms with Gasteiger partial charge in [-0.25, -0.2) is 0 Å². The number of benzene rings is 2. The maximum absolute atomic E-state index is 5.31. The summed E-state index contributed by atoms with van der Waals surface area (Å²) in [7, 11) is 1.71. The van der Waals surface area contributed by atoms with E-state index in [9.17, 15) is 0 Å². The van der Waals surface area contributed by atoms with E-state index in [-0.39, 0.29) is 0 Å². The van der Waals surface area contributed by atoms with Crippen LogP contribution in [0.3, 0.4) is 0 Å². The van der Waals surface area contributed by atoms with Crippen molar-refractivity contribution in [3.8, 4) is 5.75 Å². The van der Waals surface area contributed by atoms with Crippen molar-refractivity contribution in [1.29, 1.82) is 0 Å². The van der Waals surface area contributed by atoms with E-state index in [2.05, 4.69) is 54.7 Å². The van der Waals surface area contributed by atoms with Gasteiger partial charge in [0.2, 0.25) is 0 Å². The second-order valence-electron chi connectivity index (χ2n) is 4.58. The van der Waals surface area contributed by atoms with Gasteiger partial charge in [0, 0.05) is 6.04 Å². The highest BCUT2D eigenvalue weighted by Crippen LogP contribution is 2.22. The second-order valence-corrected chi connectivity index (χ2v) is 4.58. The summed E-state index contributed by atoms with van der Waals surface area (Å²) in [6, 6.07) is 19.2. The third-order valence-electron chi connectivity index (χ3n) is 3.23. The summed E-state index contributed by atoms with van der Waals surface area (Å²) in [5.41, 5.74) is 2.61. The minimum absolute atomic E-state index is 0.322. The summed E-state index contributed by atoms with van der Waals surface area (Å²) in [6.07, 6.45) is 0.988. The molecule has 0 aromatic heterocycles. The zero-order valence-electron chi connectivity index (χ0n) is 11.6. The zero-order chi connectivity index (χ0) is 13.5. The number of hydrogen-bond donors (Lipinski definition) is 1. The van der Waals surface area contributed by atoms with Crippen LogP contribution >= 0.6 is 0 Å². The second kappa shape index (κ2) is 6.95. The molecule has 1 atom stereocenters. The summed E-state index contributed by atoms with van der Waals surface area (Å²) in [5.74, 6) is 0.911. The highest BCUT2D eigenvalue weighted by Gasteiger charge is 2.11. The molecule has 0 bridgehead atoms. The lowest BCUT2D eigenvalue weighted by molar-refractivity contribution is 0.413. The van der Waals surface area contributed by atoms with Gasteiger partial charge in [0.1, 0.15) is 5.75 Å². The van der Waals surface area contributed by atoms with Crippen LogP contribution in [0.25, 0.3) is 0 Å². The molecule has 0 saturated carbocycles. The third-order valence-corrected chi connectivity index (χ3v) is 3.23. The van der Waals surface area contributed by atoms with E-state index in [1.165, 1.54) is 11.1 Å². The van der Waals surface area contributed by atoms with Gasteiger partial charge in [-0.15, -0.1) is 0 Å². The number of likely N-dealkylation sites (N-methyl/N-ethyl adjacent to an activating group) is 1. The average Bonchev–Trinajstić information content (AvgIpc) is 2.48. The molecule has 0 aliphatic rings. The summed E-state index contributed by atoms with van der Waals surface area (Å²) < 4.78 is 5.31. The van der Waals surface area contributed by atoms with Gasteiger partial charge < -0.3 is 10.1 Å². The van der Waals surface area contributed by atoms with Crippen LogP contribution in [0.5, 0.6) is 5.75 Å². The molecule has 0 fully saturated rings.